The molecule has 2 aromatic rings. The molecule has 6 nitrogen and oxygen atoms in total. The third-order valence-electron chi connectivity index (χ3n) is 4.42. The molecule has 2 aromatic heterocycles. The topological polar surface area (TPSA) is 63.0 Å². The van der Waals surface area contributed by atoms with Gasteiger partial charge in [0, 0.05) is 19.7 Å². The van der Waals surface area contributed by atoms with Crippen molar-refractivity contribution < 1.29 is 18.7 Å². The van der Waals surface area contributed by atoms with E-state index in [4.69, 9.17) is 9.15 Å². The molecule has 1 fully saturated rings. The van der Waals surface area contributed by atoms with Crippen molar-refractivity contribution in [3.05, 3.63) is 59.2 Å². The van der Waals surface area contributed by atoms with Gasteiger partial charge in [0.2, 0.25) is 5.91 Å². The Hall–Kier alpha value is -2.38. The molecule has 1 aliphatic heterocycles. The molecule has 1 unspecified atom stereocenters. The predicted octanol–water partition coefficient (Wildman–Crippen LogP) is 3.18. The smallest absolute Gasteiger partial charge is 0.264 e. The van der Waals surface area contributed by atoms with Crippen LogP contribution in [-0.4, -0.2) is 54.0 Å². The average molecular weight is 388 g/mol. The Morgan fingerprint density at radius 2 is 2.19 bits per heavy atom. The van der Waals surface area contributed by atoms with Crippen LogP contribution < -0.4 is 0 Å². The highest BCUT2D eigenvalue weighted by molar-refractivity contribution is 7.12. The van der Waals surface area contributed by atoms with E-state index in [1.165, 1.54) is 16.2 Å². The zero-order chi connectivity index (χ0) is 19.1. The second kappa shape index (κ2) is 9.53. The molecule has 2 amide bonds. The van der Waals surface area contributed by atoms with Crippen LogP contribution in [0.2, 0.25) is 0 Å². The summed E-state index contributed by atoms with van der Waals surface area (Å²) in [5.74, 6) is 0.420. The summed E-state index contributed by atoms with van der Waals surface area (Å²) in [7, 11) is 0. The van der Waals surface area contributed by atoms with E-state index in [0.29, 0.717) is 30.3 Å². The largest absolute Gasteiger partial charge is 0.467 e. The van der Waals surface area contributed by atoms with Crippen LogP contribution in [0.5, 0.6) is 0 Å². The molecule has 0 N–H and O–H groups in total. The number of carbonyl (C=O) groups excluding carboxylic acids is 2. The number of thiophene rings is 1. The molecule has 0 aromatic carbocycles. The summed E-state index contributed by atoms with van der Waals surface area (Å²) in [6, 6.07) is 7.23. The summed E-state index contributed by atoms with van der Waals surface area (Å²) in [6.45, 7) is 5.61. The number of carbonyl (C=O) groups is 2. The lowest BCUT2D eigenvalue weighted by Gasteiger charge is -2.28. The van der Waals surface area contributed by atoms with Gasteiger partial charge in [0.25, 0.3) is 5.91 Å². The van der Waals surface area contributed by atoms with Crippen molar-refractivity contribution in [1.82, 2.24) is 9.80 Å². The highest BCUT2D eigenvalue weighted by Crippen LogP contribution is 2.17. The molecule has 27 heavy (non-hydrogen) atoms. The second-order valence-electron chi connectivity index (χ2n) is 6.44. The van der Waals surface area contributed by atoms with Crippen LogP contribution in [0, 0.1) is 0 Å². The fraction of sp³-hybridized carbons (Fsp3) is 0.400. The molecule has 0 radical (unpaired) electrons. The maximum Gasteiger partial charge on any atom is 0.264 e. The fourth-order valence-corrected chi connectivity index (χ4v) is 3.76. The Bertz CT molecular complexity index is 736. The normalized spacial score (nSPS) is 16.2. The number of ether oxygens (including phenoxy) is 1. The van der Waals surface area contributed by atoms with Gasteiger partial charge in [-0.2, -0.15) is 0 Å². The summed E-state index contributed by atoms with van der Waals surface area (Å²) in [4.78, 5) is 29.6. The lowest BCUT2D eigenvalue weighted by Crippen LogP contribution is -2.45. The van der Waals surface area contributed by atoms with Gasteiger partial charge in [-0.1, -0.05) is 12.1 Å². The first-order valence-corrected chi connectivity index (χ1v) is 9.90. The van der Waals surface area contributed by atoms with Crippen molar-refractivity contribution in [2.24, 2.45) is 0 Å². The number of rotatable bonds is 9. The van der Waals surface area contributed by atoms with Gasteiger partial charge >= 0.3 is 0 Å². The molecule has 1 saturated heterocycles. The molecular formula is C20H24N2O4S. The third kappa shape index (κ3) is 5.30. The standard InChI is InChI=1S/C20H24N2O4S/c1-2-9-21(20(24)18-8-5-12-27-18)15-19(23)22(13-16-6-3-10-25-16)14-17-7-4-11-26-17/h2-3,5-6,8,10,12,17H,1,4,7,9,11,13-15H2. The van der Waals surface area contributed by atoms with Crippen LogP contribution in [0.3, 0.4) is 0 Å². The number of hydrogen-bond acceptors (Lipinski definition) is 5. The van der Waals surface area contributed by atoms with Gasteiger partial charge in [0.15, 0.2) is 0 Å². The molecule has 7 heteroatoms. The van der Waals surface area contributed by atoms with E-state index in [2.05, 4.69) is 6.58 Å². The van der Waals surface area contributed by atoms with Gasteiger partial charge < -0.3 is 19.0 Å². The van der Waals surface area contributed by atoms with Crippen molar-refractivity contribution in [3.63, 3.8) is 0 Å². The molecule has 1 atom stereocenters. The van der Waals surface area contributed by atoms with Crippen LogP contribution in [0.4, 0.5) is 0 Å². The van der Waals surface area contributed by atoms with Crippen molar-refractivity contribution in [1.29, 1.82) is 0 Å². The quantitative estimate of drug-likeness (QED) is 0.619. The minimum Gasteiger partial charge on any atom is -0.467 e. The van der Waals surface area contributed by atoms with Crippen molar-refractivity contribution in [2.45, 2.75) is 25.5 Å². The van der Waals surface area contributed by atoms with Gasteiger partial charge in [0.05, 0.1) is 23.8 Å². The number of nitrogens with zero attached hydrogens (tertiary/aromatic N) is 2. The Labute approximate surface area is 163 Å². The summed E-state index contributed by atoms with van der Waals surface area (Å²) in [5.41, 5.74) is 0. The minimum atomic E-state index is -0.159. The van der Waals surface area contributed by atoms with Crippen molar-refractivity contribution in [3.8, 4) is 0 Å². The van der Waals surface area contributed by atoms with Crippen molar-refractivity contribution in [2.75, 3.05) is 26.2 Å². The fourth-order valence-electron chi connectivity index (χ4n) is 3.07. The maximum absolute atomic E-state index is 13.0. The first-order chi connectivity index (χ1) is 13.2. The molecular weight excluding hydrogens is 364 g/mol. The van der Waals surface area contributed by atoms with E-state index in [9.17, 15) is 9.59 Å². The van der Waals surface area contributed by atoms with E-state index >= 15 is 0 Å². The van der Waals surface area contributed by atoms with Crippen LogP contribution >= 0.6 is 11.3 Å². The second-order valence-corrected chi connectivity index (χ2v) is 7.39. The Morgan fingerprint density at radius 3 is 2.81 bits per heavy atom. The SMILES string of the molecule is C=CCN(CC(=O)N(Cc1ccco1)CC1CCCO1)C(=O)c1cccs1. The highest BCUT2D eigenvalue weighted by atomic mass is 32.1. The van der Waals surface area contributed by atoms with E-state index in [1.807, 2.05) is 17.5 Å². The van der Waals surface area contributed by atoms with Gasteiger partial charge in [-0.15, -0.1) is 17.9 Å². The first-order valence-electron chi connectivity index (χ1n) is 9.03. The molecule has 3 heterocycles. The average Bonchev–Trinajstić information content (AvgIpc) is 3.42. The summed E-state index contributed by atoms with van der Waals surface area (Å²) in [5, 5.41) is 1.85. The van der Waals surface area contributed by atoms with Gasteiger partial charge in [0.1, 0.15) is 12.3 Å². The zero-order valence-electron chi connectivity index (χ0n) is 15.2. The molecule has 1 aliphatic rings. The van der Waals surface area contributed by atoms with Gasteiger partial charge in [-0.05, 0) is 36.4 Å². The van der Waals surface area contributed by atoms with Crippen LogP contribution in [0.1, 0.15) is 28.3 Å². The van der Waals surface area contributed by atoms with Gasteiger partial charge in [-0.3, -0.25) is 9.59 Å². The lowest BCUT2D eigenvalue weighted by atomic mass is 10.2. The van der Waals surface area contributed by atoms with E-state index in [1.54, 1.807) is 29.4 Å². The minimum absolute atomic E-state index is 0.00379. The summed E-state index contributed by atoms with van der Waals surface area (Å²) in [6.07, 6.45) is 5.20. The molecule has 3 rings (SSSR count). The number of furan rings is 1. The monoisotopic (exact) mass is 388 g/mol. The summed E-state index contributed by atoms with van der Waals surface area (Å²) >= 11 is 1.37. The first kappa shape index (κ1) is 19.4. The Morgan fingerprint density at radius 1 is 1.30 bits per heavy atom. The van der Waals surface area contributed by atoms with Crippen LogP contribution in [0.25, 0.3) is 0 Å². The van der Waals surface area contributed by atoms with E-state index < -0.39 is 0 Å². The Balaban J connectivity index is 1.70. The molecule has 0 saturated carbocycles. The number of hydrogen-bond donors (Lipinski definition) is 0. The zero-order valence-corrected chi connectivity index (χ0v) is 16.0. The number of amides is 2. The third-order valence-corrected chi connectivity index (χ3v) is 5.28. The molecule has 0 spiro atoms. The van der Waals surface area contributed by atoms with Crippen molar-refractivity contribution >= 4 is 23.2 Å². The van der Waals surface area contributed by atoms with E-state index in [0.717, 1.165) is 19.4 Å². The van der Waals surface area contributed by atoms with E-state index in [-0.39, 0.29) is 24.5 Å². The van der Waals surface area contributed by atoms with Crippen LogP contribution in [-0.2, 0) is 16.1 Å². The predicted molar refractivity (Wildman–Crippen MR) is 104 cm³/mol. The Kier molecular flexibility index (Phi) is 6.84. The summed E-state index contributed by atoms with van der Waals surface area (Å²) < 4.78 is 11.1. The molecule has 0 aliphatic carbocycles. The van der Waals surface area contributed by atoms with Crippen LogP contribution in [0.15, 0.2) is 53.0 Å². The molecule has 144 valence electrons. The highest BCUT2D eigenvalue weighted by Gasteiger charge is 2.26. The molecule has 0 bridgehead atoms. The lowest BCUT2D eigenvalue weighted by molar-refractivity contribution is -0.134. The van der Waals surface area contributed by atoms with Gasteiger partial charge in [-0.25, -0.2) is 0 Å². The maximum atomic E-state index is 13.0.